The number of thiocarbonyl (C=S) groups is 2. The topological polar surface area (TPSA) is 88.6 Å². The van der Waals surface area contributed by atoms with Gasteiger partial charge in [-0.15, -0.1) is 10.2 Å². The number of rotatable bonds is 5. The van der Waals surface area contributed by atoms with Crippen LogP contribution in [-0.2, 0) is 0 Å². The highest BCUT2D eigenvalue weighted by molar-refractivity contribution is 7.80. The van der Waals surface area contributed by atoms with Gasteiger partial charge in [-0.2, -0.15) is 0 Å². The highest BCUT2D eigenvalue weighted by Crippen LogP contribution is 2.33. The first kappa shape index (κ1) is 20.5. The summed E-state index contributed by atoms with van der Waals surface area (Å²) in [6, 6.07) is 27.1. The summed E-state index contributed by atoms with van der Waals surface area (Å²) in [4.78, 5) is 3.24. The Labute approximate surface area is 190 Å². The monoisotopic (exact) mass is 445 g/mol. The van der Waals surface area contributed by atoms with Crippen LogP contribution < -0.4 is 21.5 Å². The Morgan fingerprint density at radius 3 is 2.06 bits per heavy atom. The molecule has 0 spiro atoms. The van der Waals surface area contributed by atoms with E-state index in [2.05, 4.69) is 36.7 Å². The summed E-state index contributed by atoms with van der Waals surface area (Å²) >= 11 is 10.7. The van der Waals surface area contributed by atoms with Gasteiger partial charge in [0, 0.05) is 22.3 Å². The zero-order chi connectivity index (χ0) is 21.5. The summed E-state index contributed by atoms with van der Waals surface area (Å²) in [7, 11) is 0. The number of fused-ring (bicyclic) bond motifs is 1. The van der Waals surface area contributed by atoms with E-state index in [-0.39, 0.29) is 5.11 Å². The van der Waals surface area contributed by atoms with Crippen LogP contribution in [0.15, 0.2) is 95.2 Å². The molecule has 0 aliphatic rings. The third-order valence-corrected chi connectivity index (χ3v) is 4.67. The smallest absolute Gasteiger partial charge is 0.218 e. The highest BCUT2D eigenvalue weighted by Gasteiger charge is 2.11. The van der Waals surface area contributed by atoms with Gasteiger partial charge in [-0.3, -0.25) is 10.9 Å². The number of anilines is 3. The Morgan fingerprint density at radius 1 is 0.742 bits per heavy atom. The van der Waals surface area contributed by atoms with E-state index < -0.39 is 0 Å². The molecular weight excluding hydrogens is 426 g/mol. The third-order valence-electron chi connectivity index (χ3n) is 4.28. The lowest BCUT2D eigenvalue weighted by molar-refractivity contribution is 1.13. The Morgan fingerprint density at radius 2 is 1.35 bits per heavy atom. The second kappa shape index (κ2) is 9.79. The molecule has 0 saturated heterocycles. The third kappa shape index (κ3) is 5.41. The standard InChI is InChI=1S/C22H19N7S2/c30-21(23-15-9-3-1-4-10-15)28-26-19-17-13-7-8-14-18(17)25-20(19)27-29-22(31)24-16-11-5-2-6-12-16/h1-14,25-26H,(H,24,31)(H2,23,28,30)/b29-27+. The van der Waals surface area contributed by atoms with E-state index in [4.69, 9.17) is 24.4 Å². The number of nitrogens with one attached hydrogen (secondary N) is 5. The summed E-state index contributed by atoms with van der Waals surface area (Å²) in [6.45, 7) is 0. The van der Waals surface area contributed by atoms with Gasteiger partial charge in [-0.05, 0) is 54.8 Å². The van der Waals surface area contributed by atoms with Crippen molar-refractivity contribution >= 4 is 68.4 Å². The number of hydrazine groups is 1. The lowest BCUT2D eigenvalue weighted by atomic mass is 10.2. The van der Waals surface area contributed by atoms with Crippen molar-refractivity contribution in [3.8, 4) is 0 Å². The van der Waals surface area contributed by atoms with E-state index in [0.717, 1.165) is 22.3 Å². The number of H-pyrrole nitrogens is 1. The molecule has 0 atom stereocenters. The quantitative estimate of drug-likeness (QED) is 0.148. The maximum atomic E-state index is 5.37. The van der Waals surface area contributed by atoms with Crippen LogP contribution in [0, 0.1) is 0 Å². The SMILES string of the molecule is S=C(/N=N/c1[nH]c2ccccc2c1NNC(=S)Nc1ccccc1)Nc1ccccc1. The summed E-state index contributed by atoms with van der Waals surface area (Å²) in [5, 5.41) is 16.2. The molecule has 154 valence electrons. The van der Waals surface area contributed by atoms with Crippen molar-refractivity contribution in [2.45, 2.75) is 0 Å². The van der Waals surface area contributed by atoms with Crippen LogP contribution in [0.1, 0.15) is 0 Å². The minimum absolute atomic E-state index is 0.255. The van der Waals surface area contributed by atoms with Gasteiger partial charge >= 0.3 is 0 Å². The zero-order valence-corrected chi connectivity index (χ0v) is 17.9. The van der Waals surface area contributed by atoms with Crippen molar-refractivity contribution in [2.24, 2.45) is 10.2 Å². The Kier molecular flexibility index (Phi) is 6.46. The van der Waals surface area contributed by atoms with Crippen LogP contribution in [0.3, 0.4) is 0 Å². The van der Waals surface area contributed by atoms with E-state index in [1.165, 1.54) is 0 Å². The normalized spacial score (nSPS) is 10.7. The molecule has 0 bridgehead atoms. The van der Waals surface area contributed by atoms with Gasteiger partial charge in [0.2, 0.25) is 5.11 Å². The van der Waals surface area contributed by atoms with Gasteiger partial charge in [0.1, 0.15) is 5.69 Å². The molecule has 0 saturated carbocycles. The molecule has 0 aliphatic heterocycles. The molecule has 0 aliphatic carbocycles. The summed E-state index contributed by atoms with van der Waals surface area (Å²) in [5.41, 5.74) is 9.47. The van der Waals surface area contributed by atoms with Gasteiger partial charge < -0.3 is 15.6 Å². The lowest BCUT2D eigenvalue weighted by Crippen LogP contribution is -2.33. The Hall–Kier alpha value is -3.82. The largest absolute Gasteiger partial charge is 0.336 e. The minimum atomic E-state index is 0.255. The zero-order valence-electron chi connectivity index (χ0n) is 16.3. The first-order valence-corrected chi connectivity index (χ1v) is 10.3. The van der Waals surface area contributed by atoms with Crippen LogP contribution >= 0.6 is 24.4 Å². The molecule has 7 nitrogen and oxygen atoms in total. The number of aromatic nitrogens is 1. The average Bonchev–Trinajstić information content (AvgIpc) is 3.15. The molecule has 31 heavy (non-hydrogen) atoms. The molecule has 4 aromatic rings. The summed E-state index contributed by atoms with van der Waals surface area (Å²) in [5.74, 6) is 0.522. The van der Waals surface area contributed by atoms with E-state index in [9.17, 15) is 0 Å². The molecule has 9 heteroatoms. The van der Waals surface area contributed by atoms with E-state index in [1.54, 1.807) is 0 Å². The number of azo groups is 1. The predicted octanol–water partition coefficient (Wildman–Crippen LogP) is 5.96. The molecule has 1 heterocycles. The Bertz CT molecular complexity index is 1220. The van der Waals surface area contributed by atoms with Gasteiger partial charge in [0.15, 0.2) is 10.9 Å². The fourth-order valence-corrected chi connectivity index (χ4v) is 3.23. The van der Waals surface area contributed by atoms with Crippen LogP contribution in [-0.4, -0.2) is 15.2 Å². The lowest BCUT2D eigenvalue weighted by Gasteiger charge is -2.12. The van der Waals surface area contributed by atoms with Gasteiger partial charge in [0.25, 0.3) is 0 Å². The van der Waals surface area contributed by atoms with Crippen molar-refractivity contribution in [2.75, 3.05) is 16.1 Å². The van der Waals surface area contributed by atoms with E-state index >= 15 is 0 Å². The number of hydrogen-bond acceptors (Lipinski definition) is 4. The van der Waals surface area contributed by atoms with Crippen LogP contribution in [0.25, 0.3) is 10.9 Å². The van der Waals surface area contributed by atoms with E-state index in [1.807, 2.05) is 84.9 Å². The molecular formula is C22H19N7S2. The van der Waals surface area contributed by atoms with Crippen molar-refractivity contribution in [3.05, 3.63) is 84.9 Å². The first-order valence-electron chi connectivity index (χ1n) is 9.45. The van der Waals surface area contributed by atoms with Gasteiger partial charge in [-0.25, -0.2) is 0 Å². The van der Waals surface area contributed by atoms with Crippen LogP contribution in [0.4, 0.5) is 22.9 Å². The van der Waals surface area contributed by atoms with Crippen molar-refractivity contribution in [3.63, 3.8) is 0 Å². The number of nitrogens with zero attached hydrogens (tertiary/aromatic N) is 2. The Balaban J connectivity index is 1.49. The maximum Gasteiger partial charge on any atom is 0.218 e. The van der Waals surface area contributed by atoms with Crippen molar-refractivity contribution in [1.29, 1.82) is 0 Å². The second-order valence-electron chi connectivity index (χ2n) is 6.46. The van der Waals surface area contributed by atoms with Crippen molar-refractivity contribution < 1.29 is 0 Å². The minimum Gasteiger partial charge on any atom is -0.336 e. The maximum absolute atomic E-state index is 5.37. The summed E-state index contributed by atoms with van der Waals surface area (Å²) in [6.07, 6.45) is 0. The molecule has 4 rings (SSSR count). The van der Waals surface area contributed by atoms with E-state index in [0.29, 0.717) is 16.6 Å². The van der Waals surface area contributed by atoms with Gasteiger partial charge in [0.05, 0.1) is 0 Å². The number of para-hydroxylation sites is 3. The predicted molar refractivity (Wildman–Crippen MR) is 135 cm³/mol. The molecule has 0 fully saturated rings. The summed E-state index contributed by atoms with van der Waals surface area (Å²) < 4.78 is 0. The fourth-order valence-electron chi connectivity index (χ4n) is 2.90. The molecule has 5 N–H and O–H groups in total. The number of aromatic amines is 1. The molecule has 0 radical (unpaired) electrons. The van der Waals surface area contributed by atoms with Gasteiger partial charge in [-0.1, -0.05) is 54.6 Å². The van der Waals surface area contributed by atoms with Crippen molar-refractivity contribution in [1.82, 2.24) is 10.4 Å². The van der Waals surface area contributed by atoms with Crippen LogP contribution in [0.2, 0.25) is 0 Å². The number of hydrogen-bond donors (Lipinski definition) is 5. The second-order valence-corrected chi connectivity index (χ2v) is 7.26. The number of benzene rings is 3. The molecule has 0 amide bonds. The average molecular weight is 446 g/mol. The molecule has 3 aromatic carbocycles. The fraction of sp³-hybridized carbons (Fsp3) is 0. The molecule has 1 aromatic heterocycles. The van der Waals surface area contributed by atoms with Crippen LogP contribution in [0.5, 0.6) is 0 Å². The first-order chi connectivity index (χ1) is 15.2. The highest BCUT2D eigenvalue weighted by atomic mass is 32.1. The molecule has 0 unspecified atom stereocenters.